The maximum Gasteiger partial charge on any atom is 0.417 e. The van der Waals surface area contributed by atoms with Crippen LogP contribution in [0.2, 0.25) is 0 Å². The molecular weight excluding hydrogens is 285 g/mol. The van der Waals surface area contributed by atoms with Crippen LogP contribution >= 0.6 is 0 Å². The van der Waals surface area contributed by atoms with E-state index in [1.54, 1.807) is 0 Å². The number of nitrogen functional groups attached to an aromatic ring is 1. The Hall–Kier alpha value is -2.32. The van der Waals surface area contributed by atoms with E-state index in [1.807, 2.05) is 20.8 Å². The second kappa shape index (κ2) is 4.90. The molecule has 0 aromatic carbocycles. The Morgan fingerprint density at radius 1 is 1.19 bits per heavy atom. The minimum Gasteiger partial charge on any atom is -0.368 e. The monoisotopic (exact) mass is 300 g/mol. The fourth-order valence-corrected chi connectivity index (χ4v) is 1.56. The third-order valence-corrected chi connectivity index (χ3v) is 2.41. The van der Waals surface area contributed by atoms with E-state index >= 15 is 0 Å². The first-order chi connectivity index (χ1) is 9.56. The van der Waals surface area contributed by atoms with Crippen LogP contribution in [0.4, 0.5) is 25.1 Å². The molecule has 0 aliphatic carbocycles. The smallest absolute Gasteiger partial charge is 0.368 e. The minimum absolute atomic E-state index is 0.0361. The number of nitrogens with zero attached hydrogens (tertiary/aromatic N) is 4. The summed E-state index contributed by atoms with van der Waals surface area (Å²) >= 11 is 0. The first-order valence-electron chi connectivity index (χ1n) is 6.10. The third-order valence-electron chi connectivity index (χ3n) is 2.41. The number of anilines is 2. The Morgan fingerprint density at radius 3 is 2.33 bits per heavy atom. The van der Waals surface area contributed by atoms with Crippen LogP contribution in [-0.2, 0) is 6.18 Å². The lowest BCUT2D eigenvalue weighted by atomic mass is 10.1. The molecule has 0 unspecified atom stereocenters. The van der Waals surface area contributed by atoms with Crippen molar-refractivity contribution in [3.8, 4) is 5.82 Å². The molecule has 0 aliphatic heterocycles. The average molecular weight is 300 g/mol. The van der Waals surface area contributed by atoms with Gasteiger partial charge in [0.05, 0.1) is 5.56 Å². The number of halogens is 3. The van der Waals surface area contributed by atoms with Gasteiger partial charge in [0.15, 0.2) is 5.82 Å². The Balaban J connectivity index is 2.30. The van der Waals surface area contributed by atoms with Gasteiger partial charge in [-0.1, -0.05) is 0 Å². The van der Waals surface area contributed by atoms with Crippen LogP contribution in [0, 0.1) is 0 Å². The van der Waals surface area contributed by atoms with Crippen molar-refractivity contribution in [3.05, 3.63) is 23.9 Å². The highest BCUT2D eigenvalue weighted by atomic mass is 19.4. The van der Waals surface area contributed by atoms with E-state index in [-0.39, 0.29) is 23.3 Å². The van der Waals surface area contributed by atoms with Crippen molar-refractivity contribution in [1.29, 1.82) is 0 Å². The molecule has 0 fully saturated rings. The van der Waals surface area contributed by atoms with Crippen molar-refractivity contribution in [2.24, 2.45) is 0 Å². The minimum atomic E-state index is -4.43. The van der Waals surface area contributed by atoms with Gasteiger partial charge in [-0.25, -0.2) is 4.98 Å². The number of nitrogens with one attached hydrogen (secondary N) is 1. The molecule has 0 spiro atoms. The van der Waals surface area contributed by atoms with Crippen LogP contribution in [0.15, 0.2) is 18.3 Å². The lowest BCUT2D eigenvalue weighted by molar-refractivity contribution is -0.137. The van der Waals surface area contributed by atoms with Crippen molar-refractivity contribution in [2.45, 2.75) is 32.5 Å². The van der Waals surface area contributed by atoms with E-state index in [9.17, 15) is 13.2 Å². The summed E-state index contributed by atoms with van der Waals surface area (Å²) < 4.78 is 38.6. The van der Waals surface area contributed by atoms with Crippen LogP contribution in [0.5, 0.6) is 0 Å². The molecule has 2 heterocycles. The Morgan fingerprint density at radius 2 is 1.86 bits per heavy atom. The first-order valence-corrected chi connectivity index (χ1v) is 6.10. The topological polar surface area (TPSA) is 81.6 Å². The van der Waals surface area contributed by atoms with E-state index in [4.69, 9.17) is 5.73 Å². The molecule has 3 N–H and O–H groups in total. The standard InChI is InChI=1S/C12H15F3N6/c1-11(2,3)19-10-18-9(16)21(20-10)8-5-4-7(6-17-8)12(13,14)15/h4-6H,1-3H3,(H3,16,18,19,20). The quantitative estimate of drug-likeness (QED) is 0.890. The zero-order valence-electron chi connectivity index (χ0n) is 11.7. The highest BCUT2D eigenvalue weighted by molar-refractivity contribution is 5.40. The van der Waals surface area contributed by atoms with E-state index in [0.717, 1.165) is 12.3 Å². The Labute approximate surface area is 119 Å². The molecule has 114 valence electrons. The number of nitrogens with two attached hydrogens (primary N) is 1. The molecule has 2 rings (SSSR count). The highest BCUT2D eigenvalue weighted by Gasteiger charge is 2.30. The summed E-state index contributed by atoms with van der Waals surface area (Å²) in [4.78, 5) is 7.72. The lowest BCUT2D eigenvalue weighted by Crippen LogP contribution is -2.26. The molecule has 6 nitrogen and oxygen atoms in total. The van der Waals surface area contributed by atoms with Gasteiger partial charge in [-0.15, -0.1) is 5.10 Å². The molecule has 9 heteroatoms. The highest BCUT2D eigenvalue weighted by Crippen LogP contribution is 2.28. The number of aromatic nitrogens is 4. The Kier molecular flexibility index (Phi) is 3.52. The fraction of sp³-hybridized carbons (Fsp3) is 0.417. The normalized spacial score (nSPS) is 12.5. The SMILES string of the molecule is CC(C)(C)Nc1nc(N)n(-c2ccc(C(F)(F)F)cn2)n1. The summed E-state index contributed by atoms with van der Waals surface area (Å²) in [5.41, 5.74) is 4.60. The van der Waals surface area contributed by atoms with Crippen molar-refractivity contribution in [1.82, 2.24) is 19.7 Å². The molecule has 0 radical (unpaired) electrons. The number of hydrogen-bond donors (Lipinski definition) is 2. The molecule has 2 aromatic rings. The van der Waals surface area contributed by atoms with E-state index < -0.39 is 11.7 Å². The summed E-state index contributed by atoms with van der Waals surface area (Å²) in [5.74, 6) is 0.477. The van der Waals surface area contributed by atoms with Crippen LogP contribution in [-0.4, -0.2) is 25.3 Å². The van der Waals surface area contributed by atoms with E-state index in [0.29, 0.717) is 0 Å². The summed E-state index contributed by atoms with van der Waals surface area (Å²) in [6.45, 7) is 5.75. The van der Waals surface area contributed by atoms with Crippen LogP contribution in [0.25, 0.3) is 5.82 Å². The van der Waals surface area contributed by atoms with Gasteiger partial charge >= 0.3 is 6.18 Å². The zero-order valence-corrected chi connectivity index (χ0v) is 11.7. The largest absolute Gasteiger partial charge is 0.417 e. The lowest BCUT2D eigenvalue weighted by Gasteiger charge is -2.18. The number of rotatable bonds is 2. The molecule has 21 heavy (non-hydrogen) atoms. The van der Waals surface area contributed by atoms with Crippen LogP contribution in [0.1, 0.15) is 26.3 Å². The second-order valence-electron chi connectivity index (χ2n) is 5.48. The summed E-state index contributed by atoms with van der Waals surface area (Å²) in [6, 6.07) is 2.11. The van der Waals surface area contributed by atoms with Gasteiger partial charge in [0, 0.05) is 11.7 Å². The number of hydrogen-bond acceptors (Lipinski definition) is 5. The van der Waals surface area contributed by atoms with Gasteiger partial charge in [0.1, 0.15) is 0 Å². The molecule has 0 bridgehead atoms. The molecule has 0 amide bonds. The predicted molar refractivity (Wildman–Crippen MR) is 71.9 cm³/mol. The van der Waals surface area contributed by atoms with Gasteiger partial charge in [0.25, 0.3) is 0 Å². The molecule has 2 aromatic heterocycles. The van der Waals surface area contributed by atoms with Gasteiger partial charge in [-0.05, 0) is 32.9 Å². The second-order valence-corrected chi connectivity index (χ2v) is 5.48. The summed E-state index contributed by atoms with van der Waals surface area (Å²) in [6.07, 6.45) is -3.70. The molecular formula is C12H15F3N6. The maximum absolute atomic E-state index is 12.5. The van der Waals surface area contributed by atoms with Crippen LogP contribution in [0.3, 0.4) is 0 Å². The van der Waals surface area contributed by atoms with Crippen molar-refractivity contribution in [3.63, 3.8) is 0 Å². The molecule has 0 saturated heterocycles. The van der Waals surface area contributed by atoms with Gasteiger partial charge in [-0.2, -0.15) is 22.8 Å². The number of alkyl halides is 3. The Bertz CT molecular complexity index is 624. The predicted octanol–water partition coefficient (Wildman–Crippen LogP) is 2.47. The summed E-state index contributed by atoms with van der Waals surface area (Å²) in [7, 11) is 0. The number of pyridine rings is 1. The average Bonchev–Trinajstić information content (AvgIpc) is 2.66. The van der Waals surface area contributed by atoms with Crippen LogP contribution < -0.4 is 11.1 Å². The van der Waals surface area contributed by atoms with Gasteiger partial charge in [-0.3, -0.25) is 0 Å². The summed E-state index contributed by atoms with van der Waals surface area (Å²) in [5, 5.41) is 7.10. The molecule has 0 saturated carbocycles. The van der Waals surface area contributed by atoms with Gasteiger partial charge in [0.2, 0.25) is 11.9 Å². The molecule has 0 atom stereocenters. The van der Waals surface area contributed by atoms with Crippen molar-refractivity contribution < 1.29 is 13.2 Å². The van der Waals surface area contributed by atoms with E-state index in [1.165, 1.54) is 10.7 Å². The van der Waals surface area contributed by atoms with Gasteiger partial charge < -0.3 is 11.1 Å². The third kappa shape index (κ3) is 3.61. The fourth-order valence-electron chi connectivity index (χ4n) is 1.56. The van der Waals surface area contributed by atoms with E-state index in [2.05, 4.69) is 20.4 Å². The maximum atomic E-state index is 12.5. The van der Waals surface area contributed by atoms with Crippen molar-refractivity contribution >= 4 is 11.9 Å². The zero-order chi connectivity index (χ0) is 15.8. The first kappa shape index (κ1) is 15.1. The molecule has 0 aliphatic rings. The van der Waals surface area contributed by atoms with Crippen molar-refractivity contribution in [2.75, 3.05) is 11.1 Å².